The lowest BCUT2D eigenvalue weighted by atomic mass is 9.72. The van der Waals surface area contributed by atoms with E-state index >= 15 is 0 Å². The molecule has 1 aliphatic carbocycles. The summed E-state index contributed by atoms with van der Waals surface area (Å²) in [6, 6.07) is 56.2. The molecule has 11 rings (SSSR count). The molecule has 8 aromatic rings. The van der Waals surface area contributed by atoms with Gasteiger partial charge in [-0.25, -0.2) is 0 Å². The molecule has 54 heavy (non-hydrogen) atoms. The molecule has 0 saturated carbocycles. The third-order valence-electron chi connectivity index (χ3n) is 13.1. The highest BCUT2D eigenvalue weighted by molar-refractivity contribution is 6.62. The van der Waals surface area contributed by atoms with Crippen molar-refractivity contribution >= 4 is 34.4 Å². The summed E-state index contributed by atoms with van der Waals surface area (Å²) >= 11 is 0. The fourth-order valence-electron chi connectivity index (χ4n) is 9.59. The summed E-state index contributed by atoms with van der Waals surface area (Å²) in [6.07, 6.45) is 0. The molecule has 1 fully saturated rings. The predicted octanol–water partition coefficient (Wildman–Crippen LogP) is 11.7. The van der Waals surface area contributed by atoms with E-state index in [-0.39, 0.29) is 0 Å². The molecule has 0 N–H and O–H groups in total. The molecular weight excluding hydrogens is 657 g/mol. The van der Waals surface area contributed by atoms with Crippen molar-refractivity contribution in [2.45, 2.75) is 51.2 Å². The van der Waals surface area contributed by atoms with Crippen LogP contribution in [0.5, 0.6) is 0 Å². The number of para-hydroxylation sites is 2. The summed E-state index contributed by atoms with van der Waals surface area (Å²) < 4.78 is 15.7. The highest BCUT2D eigenvalue weighted by Crippen LogP contribution is 2.61. The van der Waals surface area contributed by atoms with Gasteiger partial charge in [-0.15, -0.1) is 0 Å². The fraction of sp³-hybridized carbons (Fsp3) is 0.160. The first-order chi connectivity index (χ1) is 26.2. The molecule has 2 aliphatic heterocycles. The van der Waals surface area contributed by atoms with E-state index < -0.39 is 23.7 Å². The number of hydrogen-bond donors (Lipinski definition) is 0. The number of aromatic nitrogens is 1. The maximum Gasteiger partial charge on any atom is 0.494 e. The van der Waals surface area contributed by atoms with Crippen LogP contribution in [0.4, 0.5) is 0 Å². The van der Waals surface area contributed by atoms with Gasteiger partial charge in [-0.1, -0.05) is 133 Å². The quantitative estimate of drug-likeness (QED) is 0.171. The van der Waals surface area contributed by atoms with E-state index in [0.29, 0.717) is 0 Å². The van der Waals surface area contributed by atoms with Crippen molar-refractivity contribution in [3.05, 3.63) is 168 Å². The summed E-state index contributed by atoms with van der Waals surface area (Å²) in [5.74, 6) is 0. The third-order valence-corrected chi connectivity index (χ3v) is 13.1. The molecule has 0 amide bonds. The van der Waals surface area contributed by atoms with Crippen LogP contribution in [0.2, 0.25) is 0 Å². The maximum atomic E-state index is 6.56. The Morgan fingerprint density at radius 3 is 1.98 bits per heavy atom. The van der Waals surface area contributed by atoms with Gasteiger partial charge in [0, 0.05) is 27.3 Å². The van der Waals surface area contributed by atoms with Crippen molar-refractivity contribution in [3.8, 4) is 50.2 Å². The summed E-state index contributed by atoms with van der Waals surface area (Å²) in [7, 11) is -0.441. The molecular formula is C50H40BNO2. The van der Waals surface area contributed by atoms with E-state index in [2.05, 4.69) is 191 Å². The Morgan fingerprint density at radius 1 is 0.481 bits per heavy atom. The fourth-order valence-corrected chi connectivity index (χ4v) is 9.59. The first kappa shape index (κ1) is 31.8. The Labute approximate surface area is 317 Å². The summed E-state index contributed by atoms with van der Waals surface area (Å²) in [5, 5.41) is 2.56. The van der Waals surface area contributed by atoms with Crippen molar-refractivity contribution in [3.63, 3.8) is 0 Å². The van der Waals surface area contributed by atoms with Crippen LogP contribution in [-0.4, -0.2) is 22.9 Å². The molecule has 0 bridgehead atoms. The smallest absolute Gasteiger partial charge is 0.399 e. The normalized spacial score (nSPS) is 18.6. The molecule has 3 nitrogen and oxygen atoms in total. The van der Waals surface area contributed by atoms with E-state index in [4.69, 9.17) is 9.31 Å². The Kier molecular flexibility index (Phi) is 6.45. The lowest BCUT2D eigenvalue weighted by Gasteiger charge is -2.32. The van der Waals surface area contributed by atoms with Gasteiger partial charge in [0.15, 0.2) is 0 Å². The van der Waals surface area contributed by atoms with E-state index in [1.54, 1.807) is 0 Å². The van der Waals surface area contributed by atoms with Crippen LogP contribution in [0.15, 0.2) is 152 Å². The summed E-state index contributed by atoms with van der Waals surface area (Å²) in [4.78, 5) is 0. The molecule has 4 heteroatoms. The van der Waals surface area contributed by atoms with E-state index in [1.807, 2.05) is 0 Å². The average Bonchev–Trinajstić information content (AvgIpc) is 3.72. The Hall–Kier alpha value is -5.68. The zero-order chi connectivity index (χ0) is 36.6. The van der Waals surface area contributed by atoms with Gasteiger partial charge < -0.3 is 13.9 Å². The van der Waals surface area contributed by atoms with Gasteiger partial charge >= 0.3 is 7.12 Å². The number of fused-ring (bicyclic) bond motifs is 6. The SMILES string of the molecule is CC1(c2cccc(-c3ccccc3)c2)c2ccc(-c3cccc(B4OC(C)(C)C(C)(C)O4)c3)c3c2-c2c1ccc1c4ccccc4n(c21)-c1ccccc1-3. The van der Waals surface area contributed by atoms with Crippen LogP contribution in [0.1, 0.15) is 51.3 Å². The van der Waals surface area contributed by atoms with Crippen molar-refractivity contribution in [2.24, 2.45) is 0 Å². The van der Waals surface area contributed by atoms with Crippen molar-refractivity contribution in [1.29, 1.82) is 0 Å². The van der Waals surface area contributed by atoms with Crippen molar-refractivity contribution < 1.29 is 9.31 Å². The topological polar surface area (TPSA) is 23.4 Å². The average molecular weight is 698 g/mol. The van der Waals surface area contributed by atoms with Gasteiger partial charge in [-0.05, 0) is 108 Å². The largest absolute Gasteiger partial charge is 0.494 e. The molecule has 3 aliphatic rings. The first-order valence-corrected chi connectivity index (χ1v) is 19.1. The van der Waals surface area contributed by atoms with Crippen LogP contribution in [0.3, 0.4) is 0 Å². The predicted molar refractivity (Wildman–Crippen MR) is 224 cm³/mol. The highest BCUT2D eigenvalue weighted by Gasteiger charge is 2.52. The maximum absolute atomic E-state index is 6.56. The van der Waals surface area contributed by atoms with Gasteiger partial charge in [0.05, 0.1) is 27.9 Å². The number of rotatable bonds is 4. The van der Waals surface area contributed by atoms with Gasteiger partial charge in [-0.3, -0.25) is 0 Å². The minimum absolute atomic E-state index is 0.394. The van der Waals surface area contributed by atoms with E-state index in [1.165, 1.54) is 83.1 Å². The number of hydrogen-bond acceptors (Lipinski definition) is 2. The van der Waals surface area contributed by atoms with Crippen LogP contribution in [0.25, 0.3) is 72.0 Å². The summed E-state index contributed by atoms with van der Waals surface area (Å²) in [5.41, 5.74) is 17.5. The minimum atomic E-state index is -0.441. The molecule has 260 valence electrons. The standard InChI is InChI=1S/C50H40BNO2/c1-48(2)49(3,4)54-51(53-48)35-20-14-18-33(30-35)36-25-27-40-45-44(36)39-22-10-12-24-43(39)52-42-23-11-9-21-37(42)38-26-28-41(46(45)47(38)52)50(40,5)34-19-13-17-32(29-34)31-15-7-6-8-16-31/h6-30H,1-5H3. The molecule has 1 saturated heterocycles. The molecule has 1 atom stereocenters. The van der Waals surface area contributed by atoms with E-state index in [9.17, 15) is 0 Å². The zero-order valence-corrected chi connectivity index (χ0v) is 31.3. The summed E-state index contributed by atoms with van der Waals surface area (Å²) in [6.45, 7) is 10.9. The molecule has 1 unspecified atom stereocenters. The van der Waals surface area contributed by atoms with Gasteiger partial charge in [0.1, 0.15) is 0 Å². The lowest BCUT2D eigenvalue weighted by Crippen LogP contribution is -2.41. The Morgan fingerprint density at radius 2 is 1.15 bits per heavy atom. The minimum Gasteiger partial charge on any atom is -0.399 e. The number of nitrogens with zero attached hydrogens (tertiary/aromatic N) is 1. The van der Waals surface area contributed by atoms with Gasteiger partial charge in [-0.2, -0.15) is 0 Å². The first-order valence-electron chi connectivity index (χ1n) is 19.1. The molecule has 1 aromatic heterocycles. The van der Waals surface area contributed by atoms with E-state index in [0.717, 1.165) is 11.0 Å². The Bertz CT molecular complexity index is 2850. The second-order valence-electron chi connectivity index (χ2n) is 16.5. The monoisotopic (exact) mass is 697 g/mol. The van der Waals surface area contributed by atoms with Gasteiger partial charge in [0.25, 0.3) is 0 Å². The van der Waals surface area contributed by atoms with Crippen LogP contribution in [-0.2, 0) is 14.7 Å². The lowest BCUT2D eigenvalue weighted by molar-refractivity contribution is 0.00578. The van der Waals surface area contributed by atoms with Gasteiger partial charge in [0.2, 0.25) is 0 Å². The number of benzene rings is 7. The molecule has 3 heterocycles. The second kappa shape index (κ2) is 10.9. The zero-order valence-electron chi connectivity index (χ0n) is 31.3. The second-order valence-corrected chi connectivity index (χ2v) is 16.5. The molecule has 0 spiro atoms. The molecule has 0 radical (unpaired) electrons. The van der Waals surface area contributed by atoms with Crippen molar-refractivity contribution in [1.82, 2.24) is 4.57 Å². The van der Waals surface area contributed by atoms with Crippen LogP contribution in [0, 0.1) is 0 Å². The van der Waals surface area contributed by atoms with Crippen LogP contribution < -0.4 is 5.46 Å². The highest BCUT2D eigenvalue weighted by atomic mass is 16.7. The third kappa shape index (κ3) is 4.16. The van der Waals surface area contributed by atoms with Crippen molar-refractivity contribution in [2.75, 3.05) is 0 Å². The molecule has 7 aromatic carbocycles. The Balaban J connectivity index is 1.23. The van der Waals surface area contributed by atoms with Crippen LogP contribution >= 0.6 is 0 Å².